The highest BCUT2D eigenvalue weighted by Crippen LogP contribution is 2.42. The van der Waals surface area contributed by atoms with Gasteiger partial charge in [-0.2, -0.15) is 8.42 Å². The lowest BCUT2D eigenvalue weighted by molar-refractivity contribution is 0.484. The van der Waals surface area contributed by atoms with Crippen molar-refractivity contribution in [2.45, 2.75) is 38.2 Å². The van der Waals surface area contributed by atoms with E-state index in [1.807, 2.05) is 6.07 Å². The van der Waals surface area contributed by atoms with Crippen LogP contribution in [0.5, 0.6) is 0 Å². The summed E-state index contributed by atoms with van der Waals surface area (Å²) in [5, 5.41) is 0.647. The Morgan fingerprint density at radius 3 is 1.61 bits per heavy atom. The molecule has 3 rings (SSSR count). The molecule has 1 N–H and O–H groups in total. The van der Waals surface area contributed by atoms with Crippen LogP contribution in [0.1, 0.15) is 39.0 Å². The zero-order valence-corrected chi connectivity index (χ0v) is 18.3. The standard InChI is InChI=1S/C23H25O3PS/c1-15-9-16(2)12-19(11-15)23(20-13-17(3)10-18(4)14-20)27-21-7-5-6-8-22(21)28(24,25)26/h5-14,23,27H,1-4H3,(H,24,25,26). The van der Waals surface area contributed by atoms with Crippen molar-refractivity contribution in [1.82, 2.24) is 0 Å². The van der Waals surface area contributed by atoms with Crippen LogP contribution in [0.25, 0.3) is 0 Å². The third-order valence-corrected chi connectivity index (χ3v) is 7.41. The van der Waals surface area contributed by atoms with Gasteiger partial charge in [-0.15, -0.1) is 0 Å². The van der Waals surface area contributed by atoms with Crippen molar-refractivity contribution in [2.24, 2.45) is 0 Å². The molecule has 0 saturated carbocycles. The largest absolute Gasteiger partial charge is 0.295 e. The van der Waals surface area contributed by atoms with Crippen LogP contribution in [0.4, 0.5) is 0 Å². The first-order valence-electron chi connectivity index (χ1n) is 9.13. The fourth-order valence-corrected chi connectivity index (χ4v) is 6.23. The van der Waals surface area contributed by atoms with Gasteiger partial charge in [-0.25, -0.2) is 0 Å². The maximum absolute atomic E-state index is 11.9. The molecule has 0 aliphatic carbocycles. The van der Waals surface area contributed by atoms with Crippen molar-refractivity contribution in [3.63, 3.8) is 0 Å². The van der Waals surface area contributed by atoms with Crippen LogP contribution in [0.2, 0.25) is 0 Å². The van der Waals surface area contributed by atoms with Gasteiger partial charge in [-0.1, -0.05) is 85.4 Å². The van der Waals surface area contributed by atoms with E-state index in [1.165, 1.54) is 28.3 Å². The van der Waals surface area contributed by atoms with Crippen molar-refractivity contribution in [1.29, 1.82) is 0 Å². The van der Waals surface area contributed by atoms with Crippen LogP contribution < -0.4 is 5.30 Å². The topological polar surface area (TPSA) is 54.4 Å². The molecule has 146 valence electrons. The number of hydrogen-bond donors (Lipinski definition) is 1. The number of benzene rings is 3. The van der Waals surface area contributed by atoms with E-state index < -0.39 is 10.1 Å². The van der Waals surface area contributed by atoms with Gasteiger partial charge in [0.2, 0.25) is 0 Å². The predicted molar refractivity (Wildman–Crippen MR) is 118 cm³/mol. The van der Waals surface area contributed by atoms with Crippen LogP contribution in [0.15, 0.2) is 65.6 Å². The highest BCUT2D eigenvalue weighted by atomic mass is 32.2. The van der Waals surface area contributed by atoms with Crippen LogP contribution >= 0.6 is 8.58 Å². The Morgan fingerprint density at radius 1 is 0.750 bits per heavy atom. The zero-order chi connectivity index (χ0) is 20.5. The van der Waals surface area contributed by atoms with E-state index in [0.717, 1.165) is 11.1 Å². The average molecular weight is 412 g/mol. The van der Waals surface area contributed by atoms with Gasteiger partial charge in [0.05, 0.1) is 0 Å². The van der Waals surface area contributed by atoms with Crippen LogP contribution in [-0.4, -0.2) is 13.0 Å². The summed E-state index contributed by atoms with van der Waals surface area (Å²) in [6.45, 7) is 8.29. The summed E-state index contributed by atoms with van der Waals surface area (Å²) in [7, 11) is -4.10. The average Bonchev–Trinajstić information content (AvgIpc) is 2.57. The van der Waals surface area contributed by atoms with E-state index in [2.05, 4.69) is 64.1 Å². The first-order valence-corrected chi connectivity index (χ1v) is 11.6. The quantitative estimate of drug-likeness (QED) is 0.459. The summed E-state index contributed by atoms with van der Waals surface area (Å²) in [5.41, 5.74) is 7.04. The molecule has 3 nitrogen and oxygen atoms in total. The van der Waals surface area contributed by atoms with Gasteiger partial charge < -0.3 is 0 Å². The fourth-order valence-electron chi connectivity index (χ4n) is 3.68. The van der Waals surface area contributed by atoms with E-state index in [4.69, 9.17) is 0 Å². The SMILES string of the molecule is Cc1cc(C)cc(C(Pc2ccccc2S(=O)(=O)O)c2cc(C)cc(C)c2)c1. The van der Waals surface area contributed by atoms with Crippen molar-refractivity contribution >= 4 is 24.0 Å². The molecule has 0 aliphatic rings. The Kier molecular flexibility index (Phi) is 6.04. The van der Waals surface area contributed by atoms with Gasteiger partial charge in [-0.3, -0.25) is 4.55 Å². The summed E-state index contributed by atoms with van der Waals surface area (Å²) in [6, 6.07) is 19.6. The minimum atomic E-state index is -4.27. The van der Waals surface area contributed by atoms with Gasteiger partial charge in [0.15, 0.2) is 0 Å². The van der Waals surface area contributed by atoms with Gasteiger partial charge in [-0.05, 0) is 50.2 Å². The summed E-state index contributed by atoms with van der Waals surface area (Å²) in [6.07, 6.45) is 0. The van der Waals surface area contributed by atoms with E-state index >= 15 is 0 Å². The molecule has 1 atom stereocenters. The molecule has 0 amide bonds. The Balaban J connectivity index is 2.18. The maximum Gasteiger partial charge on any atom is 0.295 e. The molecule has 0 bridgehead atoms. The molecular formula is C23H25O3PS. The van der Waals surface area contributed by atoms with E-state index in [9.17, 15) is 13.0 Å². The Hall–Kier alpha value is -2.00. The summed E-state index contributed by atoms with van der Waals surface area (Å²) < 4.78 is 33.4. The number of hydrogen-bond acceptors (Lipinski definition) is 2. The molecule has 0 heterocycles. The van der Waals surface area contributed by atoms with E-state index in [1.54, 1.807) is 12.1 Å². The van der Waals surface area contributed by atoms with Crippen LogP contribution in [0, 0.1) is 27.7 Å². The van der Waals surface area contributed by atoms with Crippen LogP contribution in [-0.2, 0) is 10.1 Å². The third kappa shape index (κ3) is 4.88. The van der Waals surface area contributed by atoms with E-state index in [-0.39, 0.29) is 19.1 Å². The Labute approximate surface area is 169 Å². The smallest absolute Gasteiger partial charge is 0.282 e. The van der Waals surface area contributed by atoms with Crippen LogP contribution in [0.3, 0.4) is 0 Å². The highest BCUT2D eigenvalue weighted by Gasteiger charge is 2.21. The molecule has 3 aromatic rings. The van der Waals surface area contributed by atoms with Gasteiger partial charge >= 0.3 is 0 Å². The molecule has 1 unspecified atom stereocenters. The van der Waals surface area contributed by atoms with Gasteiger partial charge in [0.1, 0.15) is 4.90 Å². The normalized spacial score (nSPS) is 12.2. The number of aryl methyl sites for hydroxylation is 4. The lowest BCUT2D eigenvalue weighted by atomic mass is 9.97. The summed E-state index contributed by atoms with van der Waals surface area (Å²) in [4.78, 5) is -0.00733. The highest BCUT2D eigenvalue weighted by molar-refractivity contribution is 7.86. The summed E-state index contributed by atoms with van der Waals surface area (Å²) >= 11 is 0. The molecule has 0 spiro atoms. The van der Waals surface area contributed by atoms with Gasteiger partial charge in [0, 0.05) is 5.66 Å². The fraction of sp³-hybridized carbons (Fsp3) is 0.217. The Bertz CT molecular complexity index is 1030. The minimum Gasteiger partial charge on any atom is -0.282 e. The lowest BCUT2D eigenvalue weighted by Gasteiger charge is -2.22. The molecule has 0 radical (unpaired) electrons. The third-order valence-electron chi connectivity index (χ3n) is 4.62. The second-order valence-electron chi connectivity index (χ2n) is 7.39. The van der Waals surface area contributed by atoms with Crippen molar-refractivity contribution in [3.05, 3.63) is 94.0 Å². The molecule has 0 fully saturated rings. The Morgan fingerprint density at radius 2 is 1.18 bits per heavy atom. The molecule has 0 aromatic heterocycles. The first kappa shape index (κ1) is 20.7. The molecule has 0 aliphatic heterocycles. The second kappa shape index (κ2) is 8.16. The molecule has 3 aromatic carbocycles. The molecule has 0 saturated heterocycles. The molecule has 28 heavy (non-hydrogen) atoms. The maximum atomic E-state index is 11.9. The van der Waals surface area contributed by atoms with E-state index in [0.29, 0.717) is 5.30 Å². The second-order valence-corrected chi connectivity index (χ2v) is 10.2. The van der Waals surface area contributed by atoms with Gasteiger partial charge in [0.25, 0.3) is 10.1 Å². The summed E-state index contributed by atoms with van der Waals surface area (Å²) in [5.74, 6) is 0. The lowest BCUT2D eigenvalue weighted by Crippen LogP contribution is -2.12. The zero-order valence-electron chi connectivity index (χ0n) is 16.5. The molecular weight excluding hydrogens is 387 g/mol. The minimum absolute atomic E-state index is 0.00733. The van der Waals surface area contributed by atoms with Crippen molar-refractivity contribution in [3.8, 4) is 0 Å². The number of rotatable bonds is 5. The van der Waals surface area contributed by atoms with Crippen molar-refractivity contribution in [2.75, 3.05) is 0 Å². The monoisotopic (exact) mass is 412 g/mol. The predicted octanol–water partition coefficient (Wildman–Crippen LogP) is 5.26. The molecule has 5 heteroatoms. The first-order chi connectivity index (χ1) is 13.1. The van der Waals surface area contributed by atoms with Crippen molar-refractivity contribution < 1.29 is 13.0 Å².